The average Bonchev–Trinajstić information content (AvgIpc) is 3.26. The average molecular weight is 600 g/mol. The second kappa shape index (κ2) is 13.7. The van der Waals surface area contributed by atoms with Gasteiger partial charge in [-0.15, -0.1) is 0 Å². The van der Waals surface area contributed by atoms with Gasteiger partial charge in [0.05, 0.1) is 6.21 Å². The van der Waals surface area contributed by atoms with E-state index in [1.165, 1.54) is 0 Å². The van der Waals surface area contributed by atoms with Gasteiger partial charge < -0.3 is 14.6 Å². The van der Waals surface area contributed by atoms with E-state index < -0.39 is 17.9 Å². The van der Waals surface area contributed by atoms with Crippen molar-refractivity contribution in [2.45, 2.75) is 32.9 Å². The smallest absolute Gasteiger partial charge is 0.262 e. The number of amides is 2. The first kappa shape index (κ1) is 29.5. The normalized spacial score (nSPS) is 12.2. The van der Waals surface area contributed by atoms with E-state index in [-0.39, 0.29) is 12.5 Å². The quantitative estimate of drug-likeness (QED) is 0.148. The lowest BCUT2D eigenvalue weighted by atomic mass is 10.0. The van der Waals surface area contributed by atoms with E-state index in [1.54, 1.807) is 36.5 Å². The Bertz CT molecular complexity index is 1520. The Morgan fingerprint density at radius 2 is 1.73 bits per heavy atom. The number of benzene rings is 3. The second-order valence-corrected chi connectivity index (χ2v) is 11.0. The molecule has 1 atom stereocenters. The summed E-state index contributed by atoms with van der Waals surface area (Å²) in [5.41, 5.74) is 5.32. The van der Waals surface area contributed by atoms with E-state index in [1.807, 2.05) is 56.4 Å². The molecule has 10 heteroatoms. The molecule has 40 heavy (non-hydrogen) atoms. The lowest BCUT2D eigenvalue weighted by Gasteiger charge is -2.19. The number of nitrogens with one attached hydrogen (secondary N) is 2. The number of ether oxygens (including phenoxy) is 1. The van der Waals surface area contributed by atoms with Crippen LogP contribution in [0.15, 0.2) is 78.0 Å². The highest BCUT2D eigenvalue weighted by Gasteiger charge is 2.22. The van der Waals surface area contributed by atoms with Gasteiger partial charge in [0.25, 0.3) is 11.8 Å². The molecule has 7 nitrogen and oxygen atoms in total. The number of carbonyl (C=O) groups is 2. The van der Waals surface area contributed by atoms with E-state index in [0.717, 1.165) is 22.0 Å². The Kier molecular flexibility index (Phi) is 10.1. The van der Waals surface area contributed by atoms with Crippen LogP contribution in [0.1, 0.15) is 31.4 Å². The molecule has 4 rings (SSSR count). The number of fused-ring (bicyclic) bond motifs is 1. The van der Waals surface area contributed by atoms with Crippen molar-refractivity contribution in [3.8, 4) is 5.75 Å². The lowest BCUT2D eigenvalue weighted by Crippen LogP contribution is -2.47. The summed E-state index contributed by atoms with van der Waals surface area (Å²) in [7, 11) is 0. The van der Waals surface area contributed by atoms with Crippen molar-refractivity contribution in [3.63, 3.8) is 0 Å². The standard InChI is InChI=1S/C30H29Cl3N4O3/c1-19(2)13-27(35-29(38)18-40-24-11-9-22(31)10-12-24)30(39)36-34-15-21-17-37(28-6-4-3-5-25(21)28)16-20-7-8-23(32)14-26(20)33/h3-12,14-15,17,19,27H,13,16,18H2,1-2H3,(H,35,38)(H,36,39)/b34-15-/t27-/m0/s1. The molecular formula is C30H29Cl3N4O3. The van der Waals surface area contributed by atoms with Crippen molar-refractivity contribution in [3.05, 3.63) is 99.1 Å². The van der Waals surface area contributed by atoms with Crippen molar-refractivity contribution in [1.82, 2.24) is 15.3 Å². The number of hydrogen-bond acceptors (Lipinski definition) is 4. The topological polar surface area (TPSA) is 84.7 Å². The molecular weight excluding hydrogens is 571 g/mol. The van der Waals surface area contributed by atoms with Crippen LogP contribution < -0.4 is 15.5 Å². The molecule has 2 N–H and O–H groups in total. The summed E-state index contributed by atoms with van der Waals surface area (Å²) in [5, 5.41) is 9.66. The Morgan fingerprint density at radius 1 is 1.00 bits per heavy atom. The summed E-state index contributed by atoms with van der Waals surface area (Å²) >= 11 is 18.3. The Balaban J connectivity index is 1.42. The Morgan fingerprint density at radius 3 is 2.45 bits per heavy atom. The van der Waals surface area contributed by atoms with Crippen LogP contribution in [0, 0.1) is 5.92 Å². The molecule has 0 spiro atoms. The first-order valence-electron chi connectivity index (χ1n) is 12.7. The molecule has 0 fully saturated rings. The predicted octanol–water partition coefficient (Wildman–Crippen LogP) is 6.71. The van der Waals surface area contributed by atoms with Crippen molar-refractivity contribution in [1.29, 1.82) is 0 Å². The van der Waals surface area contributed by atoms with Gasteiger partial charge in [-0.25, -0.2) is 5.43 Å². The van der Waals surface area contributed by atoms with Gasteiger partial charge in [0.1, 0.15) is 11.8 Å². The van der Waals surface area contributed by atoms with E-state index in [9.17, 15) is 9.59 Å². The van der Waals surface area contributed by atoms with Gasteiger partial charge in [-0.3, -0.25) is 9.59 Å². The molecule has 0 saturated heterocycles. The molecule has 4 aromatic rings. The van der Waals surface area contributed by atoms with Crippen LogP contribution in [0.2, 0.25) is 15.1 Å². The van der Waals surface area contributed by atoms with Crippen LogP contribution in [0.25, 0.3) is 10.9 Å². The molecule has 208 valence electrons. The number of carbonyl (C=O) groups excluding carboxylic acids is 2. The first-order valence-corrected chi connectivity index (χ1v) is 13.9. The van der Waals surface area contributed by atoms with Crippen LogP contribution in [0.3, 0.4) is 0 Å². The summed E-state index contributed by atoms with van der Waals surface area (Å²) in [5.74, 6) is -0.161. The van der Waals surface area contributed by atoms with E-state index >= 15 is 0 Å². The third kappa shape index (κ3) is 8.01. The lowest BCUT2D eigenvalue weighted by molar-refractivity contribution is -0.130. The molecule has 0 aliphatic heterocycles. The van der Waals surface area contributed by atoms with E-state index in [2.05, 4.69) is 20.4 Å². The molecule has 3 aromatic carbocycles. The number of aromatic nitrogens is 1. The number of nitrogens with zero attached hydrogens (tertiary/aromatic N) is 2. The van der Waals surface area contributed by atoms with E-state index in [0.29, 0.717) is 33.8 Å². The van der Waals surface area contributed by atoms with Gasteiger partial charge in [0.2, 0.25) is 0 Å². The fraction of sp³-hybridized carbons (Fsp3) is 0.233. The largest absolute Gasteiger partial charge is 0.484 e. The number of hydrogen-bond donors (Lipinski definition) is 2. The molecule has 0 aliphatic carbocycles. The highest BCUT2D eigenvalue weighted by atomic mass is 35.5. The monoisotopic (exact) mass is 598 g/mol. The zero-order valence-corrected chi connectivity index (χ0v) is 24.3. The molecule has 0 aliphatic rings. The van der Waals surface area contributed by atoms with Crippen LogP contribution in [-0.2, 0) is 16.1 Å². The molecule has 2 amide bonds. The van der Waals surface area contributed by atoms with Crippen LogP contribution in [0.4, 0.5) is 0 Å². The maximum Gasteiger partial charge on any atom is 0.262 e. The minimum absolute atomic E-state index is 0.162. The molecule has 0 saturated carbocycles. The number of halogens is 3. The van der Waals surface area contributed by atoms with Gasteiger partial charge >= 0.3 is 0 Å². The summed E-state index contributed by atoms with van der Waals surface area (Å²) in [4.78, 5) is 25.5. The molecule has 1 heterocycles. The third-order valence-electron chi connectivity index (χ3n) is 6.10. The highest BCUT2D eigenvalue weighted by Crippen LogP contribution is 2.25. The number of rotatable bonds is 11. The fourth-order valence-corrected chi connectivity index (χ4v) is 4.80. The van der Waals surface area contributed by atoms with Crippen LogP contribution in [0.5, 0.6) is 5.75 Å². The maximum atomic E-state index is 13.0. The van der Waals surface area contributed by atoms with Gasteiger partial charge in [-0.05, 0) is 60.4 Å². The SMILES string of the molecule is CC(C)C[C@H](NC(=O)COc1ccc(Cl)cc1)C(=O)N/N=C\c1cn(Cc2ccc(Cl)cc2Cl)c2ccccc12. The summed E-state index contributed by atoms with van der Waals surface area (Å²) in [6.45, 7) is 4.25. The summed E-state index contributed by atoms with van der Waals surface area (Å²) in [6.07, 6.45) is 3.99. The fourth-order valence-electron chi connectivity index (χ4n) is 4.20. The zero-order chi connectivity index (χ0) is 28.6. The first-order chi connectivity index (χ1) is 19.2. The molecule has 0 unspecified atom stereocenters. The second-order valence-electron chi connectivity index (χ2n) is 9.69. The Labute approximate surface area is 248 Å². The van der Waals surface area contributed by atoms with Gasteiger partial charge in [-0.2, -0.15) is 5.10 Å². The molecule has 0 radical (unpaired) electrons. The molecule has 0 bridgehead atoms. The summed E-state index contributed by atoms with van der Waals surface area (Å²) < 4.78 is 7.56. The van der Waals surface area contributed by atoms with Crippen molar-refractivity contribution < 1.29 is 14.3 Å². The maximum absolute atomic E-state index is 13.0. The van der Waals surface area contributed by atoms with Crippen LogP contribution >= 0.6 is 34.8 Å². The minimum Gasteiger partial charge on any atom is -0.484 e. The van der Waals surface area contributed by atoms with Gasteiger partial charge in [-0.1, -0.05) is 72.9 Å². The summed E-state index contributed by atoms with van der Waals surface area (Å²) in [6, 6.07) is 19.2. The molecule has 1 aromatic heterocycles. The van der Waals surface area contributed by atoms with Crippen molar-refractivity contribution in [2.24, 2.45) is 11.0 Å². The van der Waals surface area contributed by atoms with Gasteiger partial charge in [0, 0.05) is 44.3 Å². The van der Waals surface area contributed by atoms with Crippen molar-refractivity contribution in [2.75, 3.05) is 6.61 Å². The number of para-hydroxylation sites is 1. The van der Waals surface area contributed by atoms with E-state index in [4.69, 9.17) is 39.5 Å². The van der Waals surface area contributed by atoms with Crippen LogP contribution in [-0.4, -0.2) is 35.2 Å². The zero-order valence-electron chi connectivity index (χ0n) is 22.0. The minimum atomic E-state index is -0.771. The Hall–Kier alpha value is -3.52. The number of hydrazone groups is 1. The predicted molar refractivity (Wildman–Crippen MR) is 162 cm³/mol. The van der Waals surface area contributed by atoms with Crippen molar-refractivity contribution >= 4 is 63.7 Å². The third-order valence-corrected chi connectivity index (χ3v) is 6.93. The highest BCUT2D eigenvalue weighted by molar-refractivity contribution is 6.35. The van der Waals surface area contributed by atoms with Gasteiger partial charge in [0.15, 0.2) is 6.61 Å².